The van der Waals surface area contributed by atoms with Gasteiger partial charge in [-0.15, -0.1) is 11.3 Å². The van der Waals surface area contributed by atoms with Crippen molar-refractivity contribution in [3.05, 3.63) is 21.9 Å². The molecule has 0 aliphatic rings. The number of hydrogen-bond donors (Lipinski definition) is 4. The fourth-order valence-electron chi connectivity index (χ4n) is 1.76. The number of carbonyl (C=O) groups is 2. The third kappa shape index (κ3) is 5.58. The summed E-state index contributed by atoms with van der Waals surface area (Å²) in [5.74, 6) is -1.16. The fraction of sp³-hybridized carbons (Fsp3) is 0.538. The summed E-state index contributed by atoms with van der Waals surface area (Å²) in [5, 5.41) is 22.6. The predicted molar refractivity (Wildman–Crippen MR) is 77.0 cm³/mol. The van der Waals surface area contributed by atoms with Crippen molar-refractivity contribution in [1.29, 1.82) is 0 Å². The summed E-state index contributed by atoms with van der Waals surface area (Å²) in [7, 11) is 0. The van der Waals surface area contributed by atoms with Gasteiger partial charge in [0.15, 0.2) is 0 Å². The molecule has 1 unspecified atom stereocenters. The van der Waals surface area contributed by atoms with E-state index in [2.05, 4.69) is 10.6 Å². The van der Waals surface area contributed by atoms with Gasteiger partial charge in [-0.05, 0) is 26.0 Å². The molecule has 20 heavy (non-hydrogen) atoms. The monoisotopic (exact) mass is 300 g/mol. The molecule has 0 radical (unpaired) electrons. The molecule has 112 valence electrons. The minimum Gasteiger partial charge on any atom is -0.480 e. The summed E-state index contributed by atoms with van der Waals surface area (Å²) < 4.78 is 0. The van der Waals surface area contributed by atoms with Crippen molar-refractivity contribution in [1.82, 2.24) is 10.6 Å². The molecule has 0 aliphatic heterocycles. The highest BCUT2D eigenvalue weighted by Gasteiger charge is 2.20. The van der Waals surface area contributed by atoms with Crippen molar-refractivity contribution in [2.24, 2.45) is 0 Å². The molecule has 2 atom stereocenters. The third-order valence-electron chi connectivity index (χ3n) is 2.70. The summed E-state index contributed by atoms with van der Waals surface area (Å²) in [5.41, 5.74) is 0. The maximum Gasteiger partial charge on any atom is 0.326 e. The van der Waals surface area contributed by atoms with Crippen molar-refractivity contribution < 1.29 is 19.8 Å². The summed E-state index contributed by atoms with van der Waals surface area (Å²) in [4.78, 5) is 24.9. The first-order chi connectivity index (χ1) is 9.42. The average molecular weight is 300 g/mol. The zero-order valence-electron chi connectivity index (χ0n) is 11.5. The van der Waals surface area contributed by atoms with E-state index in [1.54, 1.807) is 11.3 Å². The SMILES string of the molecule is Cc1ccc(CC(C)NC(=O)N[C@@H](CCO)C(=O)O)s1. The van der Waals surface area contributed by atoms with E-state index >= 15 is 0 Å². The number of carboxylic acids is 1. The van der Waals surface area contributed by atoms with Crippen LogP contribution in [0.25, 0.3) is 0 Å². The lowest BCUT2D eigenvalue weighted by atomic mass is 10.2. The zero-order valence-corrected chi connectivity index (χ0v) is 12.4. The Hall–Kier alpha value is -1.60. The van der Waals surface area contributed by atoms with E-state index in [-0.39, 0.29) is 19.1 Å². The van der Waals surface area contributed by atoms with Crippen LogP contribution in [0.2, 0.25) is 0 Å². The van der Waals surface area contributed by atoms with Gasteiger partial charge in [-0.2, -0.15) is 0 Å². The maximum absolute atomic E-state index is 11.7. The van der Waals surface area contributed by atoms with Crippen LogP contribution in [0.5, 0.6) is 0 Å². The molecule has 1 rings (SSSR count). The van der Waals surface area contributed by atoms with Crippen LogP contribution < -0.4 is 10.6 Å². The number of urea groups is 1. The normalized spacial score (nSPS) is 13.6. The lowest BCUT2D eigenvalue weighted by molar-refractivity contribution is -0.139. The van der Waals surface area contributed by atoms with Crippen molar-refractivity contribution >= 4 is 23.3 Å². The van der Waals surface area contributed by atoms with Gasteiger partial charge in [-0.25, -0.2) is 9.59 Å². The van der Waals surface area contributed by atoms with Crippen LogP contribution in [0.4, 0.5) is 4.79 Å². The molecule has 0 fully saturated rings. The maximum atomic E-state index is 11.7. The van der Waals surface area contributed by atoms with E-state index < -0.39 is 18.0 Å². The molecule has 0 bridgehead atoms. The Morgan fingerprint density at radius 3 is 2.55 bits per heavy atom. The second kappa shape index (κ2) is 7.86. The topological polar surface area (TPSA) is 98.7 Å². The molecule has 1 aromatic rings. The number of carbonyl (C=O) groups excluding carboxylic acids is 1. The molecule has 2 amide bonds. The van der Waals surface area contributed by atoms with Crippen LogP contribution in [-0.4, -0.2) is 40.9 Å². The number of aryl methyl sites for hydroxylation is 1. The van der Waals surface area contributed by atoms with Gasteiger partial charge in [-0.1, -0.05) is 0 Å². The third-order valence-corrected chi connectivity index (χ3v) is 3.73. The summed E-state index contributed by atoms with van der Waals surface area (Å²) >= 11 is 1.67. The van der Waals surface area contributed by atoms with Gasteiger partial charge >= 0.3 is 12.0 Å². The molecule has 1 aromatic heterocycles. The van der Waals surface area contributed by atoms with Crippen LogP contribution in [0.1, 0.15) is 23.1 Å². The molecule has 0 aromatic carbocycles. The van der Waals surface area contributed by atoms with E-state index in [4.69, 9.17) is 10.2 Å². The Morgan fingerprint density at radius 2 is 2.05 bits per heavy atom. The standard InChI is InChI=1S/C13H20N2O4S/c1-8(7-10-4-3-9(2)20-10)14-13(19)15-11(5-6-16)12(17)18/h3-4,8,11,16H,5-7H2,1-2H3,(H,17,18)(H2,14,15,19)/t8?,11-/m0/s1. The highest BCUT2D eigenvalue weighted by Crippen LogP contribution is 2.16. The minimum absolute atomic E-state index is 0.0126. The molecule has 6 nitrogen and oxygen atoms in total. The minimum atomic E-state index is -1.16. The van der Waals surface area contributed by atoms with Gasteiger partial charge in [0.25, 0.3) is 0 Å². The van der Waals surface area contributed by atoms with Gasteiger partial charge in [0.1, 0.15) is 6.04 Å². The van der Waals surface area contributed by atoms with E-state index in [1.807, 2.05) is 26.0 Å². The number of thiophene rings is 1. The number of aliphatic hydroxyl groups excluding tert-OH is 1. The van der Waals surface area contributed by atoms with Gasteiger partial charge in [0, 0.05) is 35.2 Å². The van der Waals surface area contributed by atoms with Crippen molar-refractivity contribution in [2.45, 2.75) is 38.8 Å². The lowest BCUT2D eigenvalue weighted by Crippen LogP contribution is -2.49. The number of hydrogen-bond acceptors (Lipinski definition) is 4. The largest absolute Gasteiger partial charge is 0.480 e. The quantitative estimate of drug-likeness (QED) is 0.606. The van der Waals surface area contributed by atoms with Crippen LogP contribution in [-0.2, 0) is 11.2 Å². The molecule has 0 saturated heterocycles. The first kappa shape index (κ1) is 16.5. The summed E-state index contributed by atoms with van der Waals surface area (Å²) in [6, 6.07) is 2.33. The number of carboxylic acid groups (broad SMARTS) is 1. The van der Waals surface area contributed by atoms with Gasteiger partial charge < -0.3 is 20.8 Å². The van der Waals surface area contributed by atoms with Gasteiger partial charge in [-0.3, -0.25) is 0 Å². The molecule has 7 heteroatoms. The molecule has 0 aliphatic carbocycles. The van der Waals surface area contributed by atoms with E-state index in [9.17, 15) is 9.59 Å². The molecule has 0 saturated carbocycles. The fourth-order valence-corrected chi connectivity index (χ4v) is 2.78. The van der Waals surface area contributed by atoms with Crippen LogP contribution in [0.15, 0.2) is 12.1 Å². The second-order valence-electron chi connectivity index (χ2n) is 4.64. The molecule has 0 spiro atoms. The first-order valence-electron chi connectivity index (χ1n) is 6.38. The number of rotatable bonds is 7. The smallest absolute Gasteiger partial charge is 0.326 e. The van der Waals surface area contributed by atoms with E-state index in [0.29, 0.717) is 6.42 Å². The molecule has 4 N–H and O–H groups in total. The molecular formula is C13H20N2O4S. The average Bonchev–Trinajstić information content (AvgIpc) is 2.73. The Kier molecular flexibility index (Phi) is 6.47. The number of nitrogens with one attached hydrogen (secondary N) is 2. The number of amides is 2. The van der Waals surface area contributed by atoms with Crippen LogP contribution in [0.3, 0.4) is 0 Å². The highest BCUT2D eigenvalue weighted by molar-refractivity contribution is 7.11. The van der Waals surface area contributed by atoms with E-state index in [0.717, 1.165) is 0 Å². The number of aliphatic hydroxyl groups is 1. The van der Waals surface area contributed by atoms with Crippen molar-refractivity contribution in [2.75, 3.05) is 6.61 Å². The zero-order chi connectivity index (χ0) is 15.1. The molecule has 1 heterocycles. The lowest BCUT2D eigenvalue weighted by Gasteiger charge is -2.17. The Bertz CT molecular complexity index is 461. The Balaban J connectivity index is 2.42. The second-order valence-corrected chi connectivity index (χ2v) is 6.01. The predicted octanol–water partition coefficient (Wildman–Crippen LogP) is 1.12. The van der Waals surface area contributed by atoms with Gasteiger partial charge in [0.2, 0.25) is 0 Å². The van der Waals surface area contributed by atoms with Gasteiger partial charge in [0.05, 0.1) is 0 Å². The summed E-state index contributed by atoms with van der Waals surface area (Å²) in [6.07, 6.45) is 0.685. The first-order valence-corrected chi connectivity index (χ1v) is 7.20. The van der Waals surface area contributed by atoms with Crippen LogP contribution in [0, 0.1) is 6.92 Å². The van der Waals surface area contributed by atoms with E-state index in [1.165, 1.54) is 9.75 Å². The Morgan fingerprint density at radius 1 is 1.35 bits per heavy atom. The number of aliphatic carboxylic acids is 1. The Labute approximate surface area is 121 Å². The summed E-state index contributed by atoms with van der Waals surface area (Å²) in [6.45, 7) is 3.59. The van der Waals surface area contributed by atoms with Crippen LogP contribution >= 0.6 is 11.3 Å². The van der Waals surface area contributed by atoms with Crippen molar-refractivity contribution in [3.8, 4) is 0 Å². The molecular weight excluding hydrogens is 280 g/mol. The highest BCUT2D eigenvalue weighted by atomic mass is 32.1. The van der Waals surface area contributed by atoms with Crippen molar-refractivity contribution in [3.63, 3.8) is 0 Å².